The average molecular weight is 393 g/mol. The molecule has 0 bridgehead atoms. The van der Waals surface area contributed by atoms with Crippen molar-refractivity contribution in [3.05, 3.63) is 44.4 Å². The molecular weight excluding hydrogens is 383 g/mol. The molecule has 2 aromatic carbocycles. The zero-order valence-electron chi connectivity index (χ0n) is 13.0. The highest BCUT2D eigenvalue weighted by molar-refractivity contribution is 6.44. The summed E-state index contributed by atoms with van der Waals surface area (Å²) in [6.07, 6.45) is 0. The van der Waals surface area contributed by atoms with Gasteiger partial charge in [-0.2, -0.15) is 0 Å². The van der Waals surface area contributed by atoms with E-state index in [0.717, 1.165) is 9.80 Å². The predicted octanol–water partition coefficient (Wildman–Crippen LogP) is 1.17. The van der Waals surface area contributed by atoms with E-state index in [-0.39, 0.29) is 56.4 Å². The number of carbonyl (C=O) groups is 4. The Morgan fingerprint density at radius 3 is 1.35 bits per heavy atom. The van der Waals surface area contributed by atoms with Crippen LogP contribution in [0.15, 0.2) is 12.1 Å². The van der Waals surface area contributed by atoms with E-state index in [1.165, 1.54) is 12.1 Å². The van der Waals surface area contributed by atoms with Gasteiger partial charge in [-0.25, -0.2) is 0 Å². The summed E-state index contributed by atoms with van der Waals surface area (Å²) in [7, 11) is 0. The highest BCUT2D eigenvalue weighted by Crippen LogP contribution is 2.43. The van der Waals surface area contributed by atoms with Crippen LogP contribution >= 0.6 is 23.2 Å². The van der Waals surface area contributed by atoms with Crippen LogP contribution in [0.3, 0.4) is 0 Å². The number of hydrogen-bond donors (Lipinski definition) is 2. The predicted molar refractivity (Wildman–Crippen MR) is 93.1 cm³/mol. The molecule has 0 fully saturated rings. The largest absolute Gasteiger partial charge is 0.313 e. The lowest BCUT2D eigenvalue weighted by atomic mass is 9.86. The molecule has 8 nitrogen and oxygen atoms in total. The van der Waals surface area contributed by atoms with Gasteiger partial charge in [0.15, 0.2) is 0 Å². The fraction of sp³-hybridized carbons (Fsp3) is 0.125. The van der Waals surface area contributed by atoms with Crippen molar-refractivity contribution in [2.24, 2.45) is 11.5 Å². The van der Waals surface area contributed by atoms with Crippen molar-refractivity contribution in [3.8, 4) is 0 Å². The van der Waals surface area contributed by atoms with E-state index in [0.29, 0.717) is 0 Å². The van der Waals surface area contributed by atoms with Crippen LogP contribution in [0.1, 0.15) is 41.4 Å². The number of nitrogens with zero attached hydrogens (tertiary/aromatic N) is 2. The van der Waals surface area contributed by atoms with E-state index >= 15 is 0 Å². The molecule has 4 N–H and O–H groups in total. The topological polar surface area (TPSA) is 127 Å². The minimum Gasteiger partial charge on any atom is -0.313 e. The Labute approximate surface area is 156 Å². The second kappa shape index (κ2) is 5.49. The van der Waals surface area contributed by atoms with Crippen molar-refractivity contribution >= 4 is 57.6 Å². The van der Waals surface area contributed by atoms with Gasteiger partial charge in [0, 0.05) is 10.8 Å². The van der Waals surface area contributed by atoms with Gasteiger partial charge in [-0.3, -0.25) is 29.0 Å². The summed E-state index contributed by atoms with van der Waals surface area (Å²) in [4.78, 5) is 52.3. The van der Waals surface area contributed by atoms with Crippen LogP contribution in [0.4, 0.5) is 0 Å². The van der Waals surface area contributed by atoms with Gasteiger partial charge in [0.25, 0.3) is 23.6 Å². The molecule has 0 aliphatic carbocycles. The SMILES string of the molecule is NCN1C(=O)c2cc(Cl)c3c4c(cc(Cl)c(c24)C1=O)C(=O)N(CN)C3=O. The third-order valence-corrected chi connectivity index (χ3v) is 5.14. The van der Waals surface area contributed by atoms with Gasteiger partial charge in [0.2, 0.25) is 0 Å². The van der Waals surface area contributed by atoms with Gasteiger partial charge in [-0.15, -0.1) is 0 Å². The summed E-state index contributed by atoms with van der Waals surface area (Å²) in [6, 6.07) is 2.56. The first-order valence-corrected chi connectivity index (χ1v) is 8.20. The number of carbonyl (C=O) groups excluding carboxylic acids is 4. The summed E-state index contributed by atoms with van der Waals surface area (Å²) in [5.41, 5.74) is 11.1. The fourth-order valence-corrected chi connectivity index (χ4v) is 3.97. The summed E-state index contributed by atoms with van der Waals surface area (Å²) >= 11 is 12.5. The summed E-state index contributed by atoms with van der Waals surface area (Å²) in [6.45, 7) is -0.705. The molecule has 2 aromatic rings. The molecule has 132 valence electrons. The number of benzene rings is 2. The Bertz CT molecular complexity index is 997. The molecule has 4 rings (SSSR count). The molecule has 0 radical (unpaired) electrons. The van der Waals surface area contributed by atoms with Gasteiger partial charge in [-0.05, 0) is 12.1 Å². The summed E-state index contributed by atoms with van der Waals surface area (Å²) < 4.78 is 0. The second-order valence-electron chi connectivity index (χ2n) is 5.75. The smallest absolute Gasteiger partial charge is 0.264 e. The molecule has 0 aromatic heterocycles. The minimum atomic E-state index is -0.698. The molecular formula is C16H10Cl2N4O4. The molecule has 2 heterocycles. The number of hydrogen-bond acceptors (Lipinski definition) is 6. The van der Waals surface area contributed by atoms with Gasteiger partial charge in [-0.1, -0.05) is 23.2 Å². The minimum absolute atomic E-state index is 0.00480. The lowest BCUT2D eigenvalue weighted by Gasteiger charge is -2.32. The van der Waals surface area contributed by atoms with Crippen molar-refractivity contribution in [2.45, 2.75) is 0 Å². The molecule has 10 heteroatoms. The normalized spacial score (nSPS) is 16.2. The Morgan fingerprint density at radius 1 is 0.692 bits per heavy atom. The summed E-state index contributed by atoms with van der Waals surface area (Å²) in [5.74, 6) is -2.74. The van der Waals surface area contributed by atoms with E-state index in [9.17, 15) is 19.2 Å². The summed E-state index contributed by atoms with van der Waals surface area (Å²) in [5, 5.41) is 0.199. The highest BCUT2D eigenvalue weighted by atomic mass is 35.5. The lowest BCUT2D eigenvalue weighted by molar-refractivity contribution is 0.0593. The zero-order chi connectivity index (χ0) is 18.9. The van der Waals surface area contributed by atoms with Crippen molar-refractivity contribution in [3.63, 3.8) is 0 Å². The molecule has 2 aliphatic heterocycles. The van der Waals surface area contributed by atoms with Crippen molar-refractivity contribution in [2.75, 3.05) is 13.3 Å². The molecule has 2 aliphatic rings. The van der Waals surface area contributed by atoms with E-state index in [1.54, 1.807) is 0 Å². The maximum absolute atomic E-state index is 12.7. The van der Waals surface area contributed by atoms with E-state index in [2.05, 4.69) is 0 Å². The fourth-order valence-electron chi connectivity index (χ4n) is 3.40. The maximum Gasteiger partial charge on any atom is 0.264 e. The number of nitrogens with two attached hydrogens (primary N) is 2. The lowest BCUT2D eigenvalue weighted by Crippen LogP contribution is -2.46. The Balaban J connectivity index is 2.24. The van der Waals surface area contributed by atoms with Crippen LogP contribution in [-0.2, 0) is 0 Å². The molecule has 0 spiro atoms. The van der Waals surface area contributed by atoms with Crippen LogP contribution in [0, 0.1) is 0 Å². The van der Waals surface area contributed by atoms with E-state index in [4.69, 9.17) is 34.7 Å². The first kappa shape index (κ1) is 16.9. The first-order valence-electron chi connectivity index (χ1n) is 7.44. The Hall–Kier alpha value is -2.52. The van der Waals surface area contributed by atoms with Gasteiger partial charge < -0.3 is 11.5 Å². The third kappa shape index (κ3) is 1.87. The molecule has 0 atom stereocenters. The monoisotopic (exact) mass is 392 g/mol. The highest BCUT2D eigenvalue weighted by Gasteiger charge is 2.41. The first-order chi connectivity index (χ1) is 12.3. The number of imide groups is 2. The Morgan fingerprint density at radius 2 is 1.04 bits per heavy atom. The molecule has 26 heavy (non-hydrogen) atoms. The van der Waals surface area contributed by atoms with Crippen molar-refractivity contribution < 1.29 is 19.2 Å². The standard InChI is InChI=1S/C16H10Cl2N4O4/c17-7-1-5-9-10-6(14(24)22(4-20)15(25)11(7)10)2-8(18)12(9)16(26)21(3-19)13(5)23/h1-2H,3-4,19-20H2. The molecule has 0 unspecified atom stereocenters. The van der Waals surface area contributed by atoms with Crippen LogP contribution < -0.4 is 11.5 Å². The quantitative estimate of drug-likeness (QED) is 0.738. The van der Waals surface area contributed by atoms with Crippen LogP contribution in [0.25, 0.3) is 10.8 Å². The van der Waals surface area contributed by atoms with Gasteiger partial charge >= 0.3 is 0 Å². The van der Waals surface area contributed by atoms with Crippen molar-refractivity contribution in [1.29, 1.82) is 0 Å². The third-order valence-electron chi connectivity index (χ3n) is 4.54. The average Bonchev–Trinajstić information content (AvgIpc) is 2.59. The van der Waals surface area contributed by atoms with E-state index in [1.807, 2.05) is 0 Å². The van der Waals surface area contributed by atoms with Crippen molar-refractivity contribution in [1.82, 2.24) is 9.80 Å². The van der Waals surface area contributed by atoms with E-state index < -0.39 is 23.6 Å². The van der Waals surface area contributed by atoms with Crippen LogP contribution in [0.5, 0.6) is 0 Å². The number of rotatable bonds is 2. The molecule has 4 amide bonds. The maximum atomic E-state index is 12.7. The Kier molecular flexibility index (Phi) is 3.57. The number of halogens is 2. The zero-order valence-corrected chi connectivity index (χ0v) is 14.5. The van der Waals surface area contributed by atoms with Gasteiger partial charge in [0.05, 0.1) is 45.6 Å². The van der Waals surface area contributed by atoms with Gasteiger partial charge in [0.1, 0.15) is 0 Å². The second-order valence-corrected chi connectivity index (χ2v) is 6.57. The molecule has 0 saturated heterocycles. The molecule has 0 saturated carbocycles. The number of amides is 4. The van der Waals surface area contributed by atoms with Crippen LogP contribution in [-0.4, -0.2) is 46.8 Å². The van der Waals surface area contributed by atoms with Crippen LogP contribution in [0.2, 0.25) is 10.0 Å².